The van der Waals surface area contributed by atoms with Crippen LogP contribution in [0.2, 0.25) is 0 Å². The number of nitrogens with zero attached hydrogens (tertiary/aromatic N) is 2. The Morgan fingerprint density at radius 1 is 1.21 bits per heavy atom. The SMILES string of the molecule is CCc1ccc(C2CNCCN2C(=O)c2ccc(=O)n(C)c2)cc1. The van der Waals surface area contributed by atoms with Gasteiger partial charge in [0.1, 0.15) is 0 Å². The van der Waals surface area contributed by atoms with E-state index in [1.165, 1.54) is 16.2 Å². The van der Waals surface area contributed by atoms with Crippen molar-refractivity contribution in [2.75, 3.05) is 19.6 Å². The Balaban J connectivity index is 1.89. The van der Waals surface area contributed by atoms with Crippen LogP contribution < -0.4 is 10.9 Å². The number of nitrogens with one attached hydrogen (secondary N) is 1. The van der Waals surface area contributed by atoms with E-state index in [0.717, 1.165) is 25.1 Å². The fourth-order valence-corrected chi connectivity index (χ4v) is 3.11. The fraction of sp³-hybridized carbons (Fsp3) is 0.368. The molecule has 5 heteroatoms. The summed E-state index contributed by atoms with van der Waals surface area (Å²) in [5.41, 5.74) is 2.86. The van der Waals surface area contributed by atoms with Gasteiger partial charge >= 0.3 is 0 Å². The highest BCUT2D eigenvalue weighted by atomic mass is 16.2. The van der Waals surface area contributed by atoms with Gasteiger partial charge in [-0.05, 0) is 23.6 Å². The number of hydrogen-bond acceptors (Lipinski definition) is 3. The van der Waals surface area contributed by atoms with Crippen molar-refractivity contribution in [1.29, 1.82) is 0 Å². The lowest BCUT2D eigenvalue weighted by Gasteiger charge is -2.36. The molecule has 24 heavy (non-hydrogen) atoms. The van der Waals surface area contributed by atoms with Crippen LogP contribution in [0.5, 0.6) is 0 Å². The monoisotopic (exact) mass is 325 g/mol. The van der Waals surface area contributed by atoms with E-state index in [2.05, 4.69) is 36.5 Å². The molecule has 2 aromatic rings. The first-order valence-electron chi connectivity index (χ1n) is 8.37. The molecule has 3 rings (SSSR count). The summed E-state index contributed by atoms with van der Waals surface area (Å²) in [5.74, 6) is -0.0309. The molecule has 126 valence electrons. The third kappa shape index (κ3) is 3.26. The van der Waals surface area contributed by atoms with Crippen LogP contribution in [0.1, 0.15) is 34.5 Å². The van der Waals surface area contributed by atoms with E-state index in [-0.39, 0.29) is 17.5 Å². The maximum atomic E-state index is 13.0. The van der Waals surface area contributed by atoms with E-state index >= 15 is 0 Å². The molecule has 1 aliphatic rings. The second-order valence-electron chi connectivity index (χ2n) is 6.18. The zero-order chi connectivity index (χ0) is 17.1. The van der Waals surface area contributed by atoms with E-state index in [4.69, 9.17) is 0 Å². The van der Waals surface area contributed by atoms with Gasteiger partial charge in [0.2, 0.25) is 5.56 Å². The molecule has 1 saturated heterocycles. The number of carbonyl (C=O) groups excluding carboxylic acids is 1. The van der Waals surface area contributed by atoms with Crippen LogP contribution in [0, 0.1) is 0 Å². The largest absolute Gasteiger partial charge is 0.329 e. The van der Waals surface area contributed by atoms with E-state index in [1.807, 2.05) is 4.90 Å². The maximum absolute atomic E-state index is 13.0. The summed E-state index contributed by atoms with van der Waals surface area (Å²) in [6.07, 6.45) is 2.62. The van der Waals surface area contributed by atoms with Crippen molar-refractivity contribution >= 4 is 5.91 Å². The Labute approximate surface area is 141 Å². The van der Waals surface area contributed by atoms with Crippen molar-refractivity contribution in [3.63, 3.8) is 0 Å². The molecule has 1 fully saturated rings. The first kappa shape index (κ1) is 16.5. The summed E-state index contributed by atoms with van der Waals surface area (Å²) in [4.78, 5) is 26.4. The molecular formula is C19H23N3O2. The molecular weight excluding hydrogens is 302 g/mol. The topological polar surface area (TPSA) is 54.3 Å². The van der Waals surface area contributed by atoms with Gasteiger partial charge in [-0.15, -0.1) is 0 Å². The quantitative estimate of drug-likeness (QED) is 0.935. The van der Waals surface area contributed by atoms with E-state index in [9.17, 15) is 9.59 Å². The lowest BCUT2D eigenvalue weighted by molar-refractivity contribution is 0.0633. The van der Waals surface area contributed by atoms with Crippen LogP contribution in [0.3, 0.4) is 0 Å². The van der Waals surface area contributed by atoms with Crippen molar-refractivity contribution in [2.24, 2.45) is 7.05 Å². The summed E-state index contributed by atoms with van der Waals surface area (Å²) in [7, 11) is 1.66. The first-order valence-corrected chi connectivity index (χ1v) is 8.37. The van der Waals surface area contributed by atoms with Crippen molar-refractivity contribution in [1.82, 2.24) is 14.8 Å². The third-order valence-electron chi connectivity index (χ3n) is 4.61. The minimum Gasteiger partial charge on any atom is -0.329 e. The minimum atomic E-state index is -0.112. The molecule has 0 radical (unpaired) electrons. The van der Waals surface area contributed by atoms with Crippen molar-refractivity contribution in [3.8, 4) is 0 Å². The predicted molar refractivity (Wildman–Crippen MR) is 94.2 cm³/mol. The lowest BCUT2D eigenvalue weighted by atomic mass is 10.00. The molecule has 1 atom stereocenters. The highest BCUT2D eigenvalue weighted by Gasteiger charge is 2.28. The average molecular weight is 325 g/mol. The van der Waals surface area contributed by atoms with Gasteiger partial charge in [0.15, 0.2) is 0 Å². The van der Waals surface area contributed by atoms with E-state index < -0.39 is 0 Å². The summed E-state index contributed by atoms with van der Waals surface area (Å²) in [5, 5.41) is 3.37. The lowest BCUT2D eigenvalue weighted by Crippen LogP contribution is -2.48. The van der Waals surface area contributed by atoms with Crippen molar-refractivity contribution in [2.45, 2.75) is 19.4 Å². The van der Waals surface area contributed by atoms with Gasteiger partial charge in [-0.25, -0.2) is 0 Å². The Morgan fingerprint density at radius 3 is 2.62 bits per heavy atom. The summed E-state index contributed by atoms with van der Waals surface area (Å²) >= 11 is 0. The van der Waals surface area contributed by atoms with Gasteiger partial charge in [0, 0.05) is 38.9 Å². The maximum Gasteiger partial charge on any atom is 0.255 e. The molecule has 1 unspecified atom stereocenters. The third-order valence-corrected chi connectivity index (χ3v) is 4.61. The first-order chi connectivity index (χ1) is 11.6. The van der Waals surface area contributed by atoms with E-state index in [1.54, 1.807) is 19.3 Å². The van der Waals surface area contributed by atoms with Gasteiger partial charge in [-0.1, -0.05) is 31.2 Å². The molecule has 1 aromatic heterocycles. The van der Waals surface area contributed by atoms with Crippen LogP contribution in [0.4, 0.5) is 0 Å². The second kappa shape index (κ2) is 7.01. The van der Waals surface area contributed by atoms with Crippen molar-refractivity contribution < 1.29 is 4.79 Å². The number of aromatic nitrogens is 1. The number of piperazine rings is 1. The van der Waals surface area contributed by atoms with Crippen LogP contribution in [-0.4, -0.2) is 35.0 Å². The van der Waals surface area contributed by atoms with Crippen LogP contribution in [-0.2, 0) is 13.5 Å². The summed E-state index contributed by atoms with van der Waals surface area (Å²) < 4.78 is 1.44. The van der Waals surface area contributed by atoms with Gasteiger partial charge in [-0.2, -0.15) is 0 Å². The Morgan fingerprint density at radius 2 is 1.96 bits per heavy atom. The van der Waals surface area contributed by atoms with Crippen molar-refractivity contribution in [3.05, 3.63) is 69.6 Å². The normalized spacial score (nSPS) is 17.8. The van der Waals surface area contributed by atoms with Crippen LogP contribution in [0.25, 0.3) is 0 Å². The molecule has 1 N–H and O–H groups in total. The van der Waals surface area contributed by atoms with E-state index in [0.29, 0.717) is 12.1 Å². The average Bonchev–Trinajstić information content (AvgIpc) is 2.63. The number of benzene rings is 1. The summed E-state index contributed by atoms with van der Waals surface area (Å²) in [6, 6.07) is 11.5. The molecule has 2 heterocycles. The number of hydrogen-bond donors (Lipinski definition) is 1. The smallest absolute Gasteiger partial charge is 0.255 e. The molecule has 0 aliphatic carbocycles. The standard InChI is InChI=1S/C19H23N3O2/c1-3-14-4-6-15(7-5-14)17-12-20-10-11-22(17)19(24)16-8-9-18(23)21(2)13-16/h4-9,13,17,20H,3,10-12H2,1-2H3. The second-order valence-corrected chi connectivity index (χ2v) is 6.18. The van der Waals surface area contributed by atoms with Gasteiger partial charge in [-0.3, -0.25) is 9.59 Å². The molecule has 5 nitrogen and oxygen atoms in total. The molecule has 0 bridgehead atoms. The minimum absolute atomic E-state index is 0.00869. The zero-order valence-electron chi connectivity index (χ0n) is 14.2. The molecule has 1 aliphatic heterocycles. The highest BCUT2D eigenvalue weighted by Crippen LogP contribution is 2.24. The van der Waals surface area contributed by atoms with Gasteiger partial charge in [0.25, 0.3) is 5.91 Å². The number of pyridine rings is 1. The van der Waals surface area contributed by atoms with Gasteiger partial charge < -0.3 is 14.8 Å². The zero-order valence-corrected chi connectivity index (χ0v) is 14.2. The molecule has 0 spiro atoms. The Bertz CT molecular complexity index is 780. The molecule has 1 aromatic carbocycles. The van der Waals surface area contributed by atoms with Crippen LogP contribution in [0.15, 0.2) is 47.4 Å². The van der Waals surface area contributed by atoms with Gasteiger partial charge in [0.05, 0.1) is 11.6 Å². The predicted octanol–water partition coefficient (Wildman–Crippen LogP) is 1.73. The number of rotatable bonds is 3. The Kier molecular flexibility index (Phi) is 4.81. The number of amides is 1. The summed E-state index contributed by atoms with van der Waals surface area (Å²) in [6.45, 7) is 4.30. The number of carbonyl (C=O) groups is 1. The Hall–Kier alpha value is -2.40. The highest BCUT2D eigenvalue weighted by molar-refractivity contribution is 5.94. The molecule has 1 amide bonds. The number of aryl methyl sites for hydroxylation is 2. The van der Waals surface area contributed by atoms with Crippen LogP contribution >= 0.6 is 0 Å². The molecule has 0 saturated carbocycles. The fourth-order valence-electron chi connectivity index (χ4n) is 3.11.